The maximum absolute atomic E-state index is 13.0. The molecule has 1 atom stereocenters. The second-order valence-electron chi connectivity index (χ2n) is 4.48. The Bertz CT molecular complexity index is 608. The van der Waals surface area contributed by atoms with Crippen molar-refractivity contribution in [2.45, 2.75) is 26.4 Å². The first-order chi connectivity index (χ1) is 9.45. The van der Waals surface area contributed by atoms with Gasteiger partial charge in [0.05, 0.1) is 18.2 Å². The Kier molecular flexibility index (Phi) is 4.46. The number of aromatic nitrogens is 1. The van der Waals surface area contributed by atoms with E-state index in [0.717, 1.165) is 10.6 Å². The van der Waals surface area contributed by atoms with Crippen molar-refractivity contribution in [2.24, 2.45) is 0 Å². The fourth-order valence-electron chi connectivity index (χ4n) is 1.70. The van der Waals surface area contributed by atoms with Crippen LogP contribution in [0.1, 0.15) is 28.7 Å². The zero-order valence-electron chi connectivity index (χ0n) is 11.2. The number of halogens is 1. The molecule has 1 aromatic carbocycles. The van der Waals surface area contributed by atoms with E-state index in [-0.39, 0.29) is 12.3 Å². The second kappa shape index (κ2) is 6.11. The highest BCUT2D eigenvalue weighted by atomic mass is 32.1. The van der Waals surface area contributed by atoms with Gasteiger partial charge in [0, 0.05) is 4.88 Å². The molecule has 20 heavy (non-hydrogen) atoms. The lowest BCUT2D eigenvalue weighted by molar-refractivity contribution is -0.118. The van der Waals surface area contributed by atoms with Crippen molar-refractivity contribution in [1.82, 2.24) is 4.98 Å². The molecule has 2 N–H and O–H groups in total. The van der Waals surface area contributed by atoms with Gasteiger partial charge >= 0.3 is 0 Å². The van der Waals surface area contributed by atoms with E-state index in [1.54, 1.807) is 6.07 Å². The van der Waals surface area contributed by atoms with Gasteiger partial charge in [0.15, 0.2) is 5.13 Å². The van der Waals surface area contributed by atoms with E-state index in [9.17, 15) is 14.3 Å². The summed E-state index contributed by atoms with van der Waals surface area (Å²) in [5.74, 6) is -0.788. The molecule has 0 saturated heterocycles. The average molecular weight is 294 g/mol. The summed E-state index contributed by atoms with van der Waals surface area (Å²) in [6.07, 6.45) is -1.17. The van der Waals surface area contributed by atoms with Crippen molar-refractivity contribution in [3.05, 3.63) is 46.2 Å². The number of aryl methyl sites for hydroxylation is 2. The maximum Gasteiger partial charge on any atom is 0.229 e. The van der Waals surface area contributed by atoms with Crippen LogP contribution in [0.4, 0.5) is 9.52 Å². The molecule has 0 fully saturated rings. The van der Waals surface area contributed by atoms with E-state index in [2.05, 4.69) is 10.3 Å². The number of thiazole rings is 1. The van der Waals surface area contributed by atoms with Gasteiger partial charge in [-0.05, 0) is 31.5 Å². The number of rotatable bonds is 4. The molecular formula is C14H15FN2O2S. The van der Waals surface area contributed by atoms with Gasteiger partial charge in [-0.15, -0.1) is 11.3 Å². The van der Waals surface area contributed by atoms with Crippen LogP contribution in [-0.4, -0.2) is 16.0 Å². The molecule has 1 unspecified atom stereocenters. The number of hydrogen-bond donors (Lipinski definition) is 2. The number of nitrogens with one attached hydrogen (secondary N) is 1. The average Bonchev–Trinajstić information content (AvgIpc) is 2.67. The molecule has 4 nitrogen and oxygen atoms in total. The van der Waals surface area contributed by atoms with Crippen LogP contribution >= 0.6 is 11.3 Å². The van der Waals surface area contributed by atoms with Crippen LogP contribution < -0.4 is 5.32 Å². The standard InChI is InChI=1S/C14H15FN2O2S/c1-8-9(2)20-14(16-8)17-13(19)7-12(18)10-4-3-5-11(15)6-10/h3-6,12,18H,7H2,1-2H3,(H,16,17,19). The molecule has 1 amide bonds. The van der Waals surface area contributed by atoms with Crippen LogP contribution in [-0.2, 0) is 4.79 Å². The van der Waals surface area contributed by atoms with Crippen LogP contribution in [0.25, 0.3) is 0 Å². The molecule has 1 aromatic heterocycles. The van der Waals surface area contributed by atoms with Gasteiger partial charge in [0.2, 0.25) is 5.91 Å². The lowest BCUT2D eigenvalue weighted by atomic mass is 10.1. The zero-order chi connectivity index (χ0) is 14.7. The number of amides is 1. The van der Waals surface area contributed by atoms with Crippen LogP contribution in [0.3, 0.4) is 0 Å². The third-order valence-corrected chi connectivity index (χ3v) is 3.88. The van der Waals surface area contributed by atoms with Gasteiger partial charge < -0.3 is 10.4 Å². The largest absolute Gasteiger partial charge is 0.388 e. The van der Waals surface area contributed by atoms with Crippen LogP contribution in [0.2, 0.25) is 0 Å². The minimum atomic E-state index is -1.03. The summed E-state index contributed by atoms with van der Waals surface area (Å²) in [6.45, 7) is 3.79. The minimum Gasteiger partial charge on any atom is -0.388 e. The Morgan fingerprint density at radius 1 is 1.50 bits per heavy atom. The molecule has 0 radical (unpaired) electrons. The third kappa shape index (κ3) is 3.61. The summed E-state index contributed by atoms with van der Waals surface area (Å²) in [7, 11) is 0. The highest BCUT2D eigenvalue weighted by Gasteiger charge is 2.15. The van der Waals surface area contributed by atoms with Gasteiger partial charge in [-0.3, -0.25) is 4.79 Å². The summed E-state index contributed by atoms with van der Waals surface area (Å²) >= 11 is 1.38. The monoisotopic (exact) mass is 294 g/mol. The lowest BCUT2D eigenvalue weighted by Gasteiger charge is -2.10. The molecule has 1 heterocycles. The number of nitrogens with zero attached hydrogens (tertiary/aromatic N) is 1. The number of anilines is 1. The van der Waals surface area contributed by atoms with E-state index >= 15 is 0 Å². The van der Waals surface area contributed by atoms with Gasteiger partial charge in [0.25, 0.3) is 0 Å². The summed E-state index contributed by atoms with van der Waals surface area (Å²) in [4.78, 5) is 17.0. The fourth-order valence-corrected chi connectivity index (χ4v) is 2.53. The Morgan fingerprint density at radius 2 is 2.25 bits per heavy atom. The third-order valence-electron chi connectivity index (χ3n) is 2.89. The van der Waals surface area contributed by atoms with Gasteiger partial charge in [-0.25, -0.2) is 9.37 Å². The molecule has 0 saturated carbocycles. The Labute approximate surface area is 120 Å². The first-order valence-electron chi connectivity index (χ1n) is 6.13. The molecule has 2 rings (SSSR count). The van der Waals surface area contributed by atoms with Crippen molar-refractivity contribution < 1.29 is 14.3 Å². The molecule has 0 bridgehead atoms. The minimum absolute atomic E-state index is 0.138. The van der Waals surface area contributed by atoms with E-state index in [1.165, 1.54) is 29.5 Å². The van der Waals surface area contributed by atoms with Crippen molar-refractivity contribution in [2.75, 3.05) is 5.32 Å². The summed E-state index contributed by atoms with van der Waals surface area (Å²) in [5.41, 5.74) is 1.25. The number of aliphatic hydroxyl groups is 1. The summed E-state index contributed by atoms with van der Waals surface area (Å²) in [6, 6.07) is 5.59. The van der Waals surface area contributed by atoms with E-state index in [4.69, 9.17) is 0 Å². The molecule has 106 valence electrons. The van der Waals surface area contributed by atoms with Gasteiger partial charge in [-0.2, -0.15) is 0 Å². The summed E-state index contributed by atoms with van der Waals surface area (Å²) in [5, 5.41) is 13.1. The Hall–Kier alpha value is -1.79. The number of carbonyl (C=O) groups excluding carboxylic acids is 1. The molecular weight excluding hydrogens is 279 g/mol. The van der Waals surface area contributed by atoms with Gasteiger partial charge in [0.1, 0.15) is 5.82 Å². The quantitative estimate of drug-likeness (QED) is 0.911. The topological polar surface area (TPSA) is 62.2 Å². The number of aliphatic hydroxyl groups excluding tert-OH is 1. The fraction of sp³-hybridized carbons (Fsp3) is 0.286. The van der Waals surface area contributed by atoms with Crippen molar-refractivity contribution in [3.8, 4) is 0 Å². The maximum atomic E-state index is 13.0. The number of carbonyl (C=O) groups is 1. The van der Waals surface area contributed by atoms with Crippen molar-refractivity contribution in [1.29, 1.82) is 0 Å². The predicted octanol–water partition coefficient (Wildman–Crippen LogP) is 2.96. The van der Waals surface area contributed by atoms with Crippen molar-refractivity contribution in [3.63, 3.8) is 0 Å². The van der Waals surface area contributed by atoms with E-state index in [0.29, 0.717) is 10.7 Å². The molecule has 0 spiro atoms. The molecule has 2 aromatic rings. The highest BCUT2D eigenvalue weighted by Crippen LogP contribution is 2.23. The zero-order valence-corrected chi connectivity index (χ0v) is 12.0. The Morgan fingerprint density at radius 3 is 2.85 bits per heavy atom. The first-order valence-corrected chi connectivity index (χ1v) is 6.95. The first kappa shape index (κ1) is 14.6. The highest BCUT2D eigenvalue weighted by molar-refractivity contribution is 7.15. The van der Waals surface area contributed by atoms with Gasteiger partial charge in [-0.1, -0.05) is 12.1 Å². The number of benzene rings is 1. The van der Waals surface area contributed by atoms with Crippen LogP contribution in [0.5, 0.6) is 0 Å². The predicted molar refractivity (Wildman–Crippen MR) is 76.2 cm³/mol. The Balaban J connectivity index is 1.97. The second-order valence-corrected chi connectivity index (χ2v) is 5.69. The smallest absolute Gasteiger partial charge is 0.229 e. The lowest BCUT2D eigenvalue weighted by Crippen LogP contribution is -2.15. The molecule has 6 heteroatoms. The molecule has 0 aliphatic heterocycles. The van der Waals surface area contributed by atoms with E-state index in [1.807, 2.05) is 13.8 Å². The van der Waals surface area contributed by atoms with E-state index < -0.39 is 11.9 Å². The number of hydrogen-bond acceptors (Lipinski definition) is 4. The van der Waals surface area contributed by atoms with Crippen LogP contribution in [0, 0.1) is 19.7 Å². The van der Waals surface area contributed by atoms with Crippen molar-refractivity contribution >= 4 is 22.4 Å². The molecule has 0 aliphatic carbocycles. The summed E-state index contributed by atoms with van der Waals surface area (Å²) < 4.78 is 13.0. The molecule has 0 aliphatic rings. The SMILES string of the molecule is Cc1nc(NC(=O)CC(O)c2cccc(F)c2)sc1C. The van der Waals surface area contributed by atoms with Crippen LogP contribution in [0.15, 0.2) is 24.3 Å². The normalized spacial score (nSPS) is 12.2.